The van der Waals surface area contributed by atoms with Crippen LogP contribution in [0.4, 0.5) is 10.6 Å². The van der Waals surface area contributed by atoms with Crippen molar-refractivity contribution >= 4 is 11.8 Å². The van der Waals surface area contributed by atoms with Crippen LogP contribution in [0.1, 0.15) is 44.7 Å². The highest BCUT2D eigenvalue weighted by atomic mass is 16.2. The molecule has 0 saturated heterocycles. The van der Waals surface area contributed by atoms with Gasteiger partial charge >= 0.3 is 6.03 Å². The van der Waals surface area contributed by atoms with Gasteiger partial charge in [-0.05, 0) is 31.4 Å². The van der Waals surface area contributed by atoms with Crippen LogP contribution in [0.5, 0.6) is 0 Å². The molecule has 0 bridgehead atoms. The molecule has 27 heavy (non-hydrogen) atoms. The predicted molar refractivity (Wildman–Crippen MR) is 107 cm³/mol. The predicted octanol–water partition coefficient (Wildman–Crippen LogP) is 3.14. The molecule has 0 atom stereocenters. The van der Waals surface area contributed by atoms with Gasteiger partial charge in [0.25, 0.3) is 0 Å². The molecule has 7 heteroatoms. The summed E-state index contributed by atoms with van der Waals surface area (Å²) in [5.41, 5.74) is 1.71. The Hall–Kier alpha value is -2.70. The second-order valence-corrected chi connectivity index (χ2v) is 6.80. The van der Waals surface area contributed by atoms with Crippen LogP contribution in [0.15, 0.2) is 30.5 Å². The molecule has 0 aromatic carbocycles. The molecule has 1 aliphatic rings. The highest BCUT2D eigenvalue weighted by Gasteiger charge is 2.15. The third kappa shape index (κ3) is 5.91. The topological polar surface area (TPSA) is 91.8 Å². The van der Waals surface area contributed by atoms with Crippen molar-refractivity contribution in [1.82, 2.24) is 25.6 Å². The number of aromatic nitrogens is 3. The molecule has 1 fully saturated rings. The fourth-order valence-electron chi connectivity index (χ4n) is 3.23. The van der Waals surface area contributed by atoms with Crippen LogP contribution >= 0.6 is 0 Å². The largest absolute Gasteiger partial charge is 0.368 e. The van der Waals surface area contributed by atoms with E-state index in [1.165, 1.54) is 19.3 Å². The van der Waals surface area contributed by atoms with E-state index in [9.17, 15) is 4.79 Å². The number of hydrogen-bond donors (Lipinski definition) is 3. The fourth-order valence-corrected chi connectivity index (χ4v) is 3.23. The molecule has 0 spiro atoms. The Labute approximate surface area is 160 Å². The van der Waals surface area contributed by atoms with Crippen LogP contribution in [0.3, 0.4) is 0 Å². The molecule has 7 nitrogen and oxygen atoms in total. The summed E-state index contributed by atoms with van der Waals surface area (Å²) in [6, 6.07) is 7.86. The number of urea groups is 1. The zero-order chi connectivity index (χ0) is 18.9. The lowest BCUT2D eigenvalue weighted by molar-refractivity contribution is 0.233. The van der Waals surface area contributed by atoms with E-state index in [2.05, 4.69) is 37.8 Å². The first kappa shape index (κ1) is 19.1. The van der Waals surface area contributed by atoms with Gasteiger partial charge in [0.2, 0.25) is 0 Å². The number of nitrogens with zero attached hydrogens (tertiary/aromatic N) is 3. The molecule has 0 unspecified atom stereocenters. The normalized spacial score (nSPS) is 14.6. The lowest BCUT2D eigenvalue weighted by atomic mass is 9.96. The van der Waals surface area contributed by atoms with Crippen molar-refractivity contribution in [3.05, 3.63) is 36.2 Å². The van der Waals surface area contributed by atoms with Gasteiger partial charge in [-0.15, -0.1) is 0 Å². The molecule has 2 aromatic heterocycles. The first-order chi connectivity index (χ1) is 13.2. The summed E-state index contributed by atoms with van der Waals surface area (Å²) < 4.78 is 0. The highest BCUT2D eigenvalue weighted by Crippen LogP contribution is 2.17. The maximum absolute atomic E-state index is 12.0. The minimum absolute atomic E-state index is 0.0881. The summed E-state index contributed by atoms with van der Waals surface area (Å²) in [6.07, 6.45) is 8.42. The minimum Gasteiger partial charge on any atom is -0.368 e. The number of pyridine rings is 1. The molecule has 3 rings (SSSR count). The fraction of sp³-hybridized carbons (Fsp3) is 0.500. The third-order valence-electron chi connectivity index (χ3n) is 4.69. The quantitative estimate of drug-likeness (QED) is 0.653. The molecule has 0 radical (unpaired) electrons. The van der Waals surface area contributed by atoms with Gasteiger partial charge in [0.1, 0.15) is 11.5 Å². The van der Waals surface area contributed by atoms with Crippen molar-refractivity contribution in [3.8, 4) is 11.5 Å². The Morgan fingerprint density at radius 2 is 2.00 bits per heavy atom. The second kappa shape index (κ2) is 9.85. The Balaban J connectivity index is 1.49. The van der Waals surface area contributed by atoms with E-state index in [4.69, 9.17) is 0 Å². The van der Waals surface area contributed by atoms with Crippen LogP contribution < -0.4 is 16.0 Å². The molecule has 2 amide bonds. The number of anilines is 1. The van der Waals surface area contributed by atoms with Crippen molar-refractivity contribution in [1.29, 1.82) is 0 Å². The van der Waals surface area contributed by atoms with Gasteiger partial charge in [0, 0.05) is 37.1 Å². The molecular formula is C20H28N6O. The molecule has 1 saturated carbocycles. The van der Waals surface area contributed by atoms with Gasteiger partial charge in [-0.2, -0.15) is 0 Å². The standard InChI is InChI=1S/C20H28N6O/c1-2-15-14-18(26-19(24-15)17-10-6-7-11-21-17)22-12-13-23-20(27)25-16-8-4-3-5-9-16/h6-7,10-11,14,16H,2-5,8-9,12-13H2,1H3,(H,22,24,26)(H2,23,25,27). The maximum Gasteiger partial charge on any atom is 0.315 e. The zero-order valence-corrected chi connectivity index (χ0v) is 15.9. The molecule has 2 aromatic rings. The van der Waals surface area contributed by atoms with Crippen LogP contribution in [0.2, 0.25) is 0 Å². The molecule has 144 valence electrons. The van der Waals surface area contributed by atoms with E-state index in [1.54, 1.807) is 6.20 Å². The highest BCUT2D eigenvalue weighted by molar-refractivity contribution is 5.74. The van der Waals surface area contributed by atoms with E-state index >= 15 is 0 Å². The summed E-state index contributed by atoms with van der Waals surface area (Å²) in [5.74, 6) is 1.36. The summed E-state index contributed by atoms with van der Waals surface area (Å²) in [4.78, 5) is 25.4. The van der Waals surface area contributed by atoms with Crippen LogP contribution in [0.25, 0.3) is 11.5 Å². The van der Waals surface area contributed by atoms with Crippen molar-refractivity contribution in [2.75, 3.05) is 18.4 Å². The lowest BCUT2D eigenvalue weighted by Gasteiger charge is -2.22. The number of rotatable bonds is 7. The first-order valence-corrected chi connectivity index (χ1v) is 9.82. The van der Waals surface area contributed by atoms with Gasteiger partial charge in [0.15, 0.2) is 5.82 Å². The average Bonchev–Trinajstić information content (AvgIpc) is 2.72. The van der Waals surface area contributed by atoms with Crippen molar-refractivity contribution in [3.63, 3.8) is 0 Å². The SMILES string of the molecule is CCc1cc(NCCNC(=O)NC2CCCCC2)nc(-c2ccccn2)n1. The van der Waals surface area contributed by atoms with Crippen LogP contribution in [0, 0.1) is 0 Å². The monoisotopic (exact) mass is 368 g/mol. The van der Waals surface area contributed by atoms with E-state index in [0.29, 0.717) is 25.0 Å². The van der Waals surface area contributed by atoms with Gasteiger partial charge < -0.3 is 16.0 Å². The first-order valence-electron chi connectivity index (χ1n) is 9.82. The summed E-state index contributed by atoms with van der Waals surface area (Å²) in [6.45, 7) is 3.19. The van der Waals surface area contributed by atoms with Gasteiger partial charge in [-0.1, -0.05) is 32.3 Å². The number of carbonyl (C=O) groups is 1. The molecule has 3 N–H and O–H groups in total. The van der Waals surface area contributed by atoms with Gasteiger partial charge in [-0.3, -0.25) is 4.98 Å². The molecular weight excluding hydrogens is 340 g/mol. The second-order valence-electron chi connectivity index (χ2n) is 6.80. The van der Waals surface area contributed by atoms with Crippen LogP contribution in [-0.2, 0) is 6.42 Å². The maximum atomic E-state index is 12.0. The lowest BCUT2D eigenvalue weighted by Crippen LogP contribution is -2.44. The molecule has 1 aliphatic carbocycles. The number of carbonyl (C=O) groups excluding carboxylic acids is 1. The van der Waals surface area contributed by atoms with Crippen molar-refractivity contribution in [2.45, 2.75) is 51.5 Å². The van der Waals surface area contributed by atoms with E-state index in [-0.39, 0.29) is 6.03 Å². The van der Waals surface area contributed by atoms with E-state index in [1.807, 2.05) is 24.3 Å². The summed E-state index contributed by atoms with van der Waals surface area (Å²) in [5, 5.41) is 9.23. The smallest absolute Gasteiger partial charge is 0.315 e. The number of nitrogens with one attached hydrogen (secondary N) is 3. The number of hydrogen-bond acceptors (Lipinski definition) is 5. The molecule has 0 aliphatic heterocycles. The minimum atomic E-state index is -0.0881. The van der Waals surface area contributed by atoms with Crippen molar-refractivity contribution in [2.24, 2.45) is 0 Å². The van der Waals surface area contributed by atoms with E-state index in [0.717, 1.165) is 36.5 Å². The van der Waals surface area contributed by atoms with Crippen molar-refractivity contribution < 1.29 is 4.79 Å². The molecule has 2 heterocycles. The summed E-state index contributed by atoms with van der Waals surface area (Å²) >= 11 is 0. The zero-order valence-electron chi connectivity index (χ0n) is 15.9. The van der Waals surface area contributed by atoms with Crippen LogP contribution in [-0.4, -0.2) is 40.1 Å². The Morgan fingerprint density at radius 3 is 2.74 bits per heavy atom. The number of amides is 2. The van der Waals surface area contributed by atoms with Gasteiger partial charge in [-0.25, -0.2) is 14.8 Å². The van der Waals surface area contributed by atoms with Gasteiger partial charge in [0.05, 0.1) is 0 Å². The average molecular weight is 368 g/mol. The number of aryl methyl sites for hydroxylation is 1. The third-order valence-corrected chi connectivity index (χ3v) is 4.69. The Morgan fingerprint density at radius 1 is 1.15 bits per heavy atom. The van der Waals surface area contributed by atoms with E-state index < -0.39 is 0 Å². The Kier molecular flexibility index (Phi) is 6.96. The Bertz CT molecular complexity index is 731. The summed E-state index contributed by atoms with van der Waals surface area (Å²) in [7, 11) is 0.